The lowest BCUT2D eigenvalue weighted by Crippen LogP contribution is -2.37. The molecular weight excluding hydrogens is 1060 g/mol. The summed E-state index contributed by atoms with van der Waals surface area (Å²) in [6, 6.07) is 13.0. The van der Waals surface area contributed by atoms with Gasteiger partial charge in [0.15, 0.2) is 0 Å². The third-order valence-electron chi connectivity index (χ3n) is 12.4. The number of benzene rings is 4. The van der Waals surface area contributed by atoms with Gasteiger partial charge in [-0.3, -0.25) is 37.3 Å². The van der Waals surface area contributed by atoms with E-state index in [1.54, 1.807) is 38.1 Å². The van der Waals surface area contributed by atoms with Gasteiger partial charge in [0.25, 0.3) is 56.5 Å². The smallest absolute Gasteiger partial charge is 0.295 e. The molecule has 2 amide bonds. The summed E-state index contributed by atoms with van der Waals surface area (Å²) in [5.74, 6) is -1.96. The Kier molecular flexibility index (Phi) is 19.7. The van der Waals surface area contributed by atoms with Gasteiger partial charge in [-0.25, -0.2) is 0 Å². The molecule has 0 unspecified atom stereocenters. The van der Waals surface area contributed by atoms with Crippen molar-refractivity contribution in [2.75, 3.05) is 36.0 Å². The molecule has 1 aliphatic heterocycles. The third-order valence-corrected chi connectivity index (χ3v) is 16.7. The van der Waals surface area contributed by atoms with Gasteiger partial charge in [-0.2, -0.15) is 42.1 Å². The van der Waals surface area contributed by atoms with Gasteiger partial charge in [-0.05, 0) is 147 Å². The molecule has 4 aromatic rings. The number of amides is 2. The molecule has 0 radical (unpaired) electrons. The highest BCUT2D eigenvalue weighted by atomic mass is 32.2. The van der Waals surface area contributed by atoms with Gasteiger partial charge < -0.3 is 15.1 Å². The first kappa shape index (κ1) is 59.5. The minimum absolute atomic E-state index is 0.0296. The normalized spacial score (nSPS) is 14.1. The van der Waals surface area contributed by atoms with Gasteiger partial charge in [-0.15, -0.1) is 0 Å². The van der Waals surface area contributed by atoms with Gasteiger partial charge in [-0.1, -0.05) is 36.8 Å². The van der Waals surface area contributed by atoms with Crippen molar-refractivity contribution in [2.24, 2.45) is 4.99 Å². The van der Waals surface area contributed by atoms with Gasteiger partial charge in [0, 0.05) is 67.2 Å². The first-order valence-electron chi connectivity index (χ1n) is 23.2. The van der Waals surface area contributed by atoms with Crippen LogP contribution in [0, 0.1) is 20.8 Å². The molecule has 0 aromatic heterocycles. The fourth-order valence-corrected chi connectivity index (χ4v) is 11.6. The molecule has 0 saturated heterocycles. The van der Waals surface area contributed by atoms with E-state index in [2.05, 4.69) is 10.3 Å². The van der Waals surface area contributed by atoms with E-state index in [0.29, 0.717) is 53.6 Å². The van der Waals surface area contributed by atoms with Crippen LogP contribution in [0.5, 0.6) is 0 Å². The number of carbonyl (C=O) groups is 2. The first-order valence-corrected chi connectivity index (χ1v) is 30.7. The Balaban J connectivity index is 1.36. The van der Waals surface area contributed by atoms with E-state index in [0.717, 1.165) is 28.8 Å². The molecule has 0 saturated carbocycles. The zero-order valence-electron chi connectivity index (χ0n) is 41.1. The predicted molar refractivity (Wildman–Crippen MR) is 278 cm³/mol. The molecule has 26 heteroatoms. The number of hydrogen-bond acceptors (Lipinski definition) is 14. The summed E-state index contributed by atoms with van der Waals surface area (Å²) in [6.45, 7) is 7.69. The fraction of sp³-hybridized carbons (Fsp3) is 0.396. The van der Waals surface area contributed by atoms with Crippen LogP contribution in [0.4, 0.5) is 5.69 Å². The average molecular weight is 1130 g/mol. The van der Waals surface area contributed by atoms with Crippen molar-refractivity contribution in [1.82, 2.24) is 10.2 Å². The van der Waals surface area contributed by atoms with Gasteiger partial charge >= 0.3 is 0 Å². The minimum Gasteiger partial charge on any atom is -0.348 e. The Bertz CT molecular complexity index is 3480. The molecule has 1 aliphatic rings. The van der Waals surface area contributed by atoms with Crippen LogP contribution >= 0.6 is 0 Å². The predicted octanol–water partition coefficient (Wildman–Crippen LogP) is 6.23. The zero-order chi connectivity index (χ0) is 55.0. The van der Waals surface area contributed by atoms with E-state index < -0.39 is 82.7 Å². The van der Waals surface area contributed by atoms with Crippen molar-refractivity contribution < 1.29 is 74.4 Å². The van der Waals surface area contributed by atoms with Crippen LogP contribution in [0.3, 0.4) is 0 Å². The van der Waals surface area contributed by atoms with Crippen molar-refractivity contribution in [1.29, 1.82) is 0 Å². The highest BCUT2D eigenvalue weighted by molar-refractivity contribution is 7.87. The number of aryl methyl sites for hydroxylation is 3. The van der Waals surface area contributed by atoms with Crippen molar-refractivity contribution in [3.63, 3.8) is 0 Å². The molecule has 74 heavy (non-hydrogen) atoms. The molecule has 0 bridgehead atoms. The highest BCUT2D eigenvalue weighted by Crippen LogP contribution is 2.36. The van der Waals surface area contributed by atoms with Crippen LogP contribution in [-0.2, 0) is 74.9 Å². The van der Waals surface area contributed by atoms with Crippen molar-refractivity contribution >= 4 is 84.6 Å². The molecule has 0 fully saturated rings. The number of anilines is 1. The second-order valence-electron chi connectivity index (χ2n) is 18.0. The molecule has 0 spiro atoms. The number of fused-ring (bicyclic) bond motifs is 2. The van der Waals surface area contributed by atoms with Crippen molar-refractivity contribution in [3.8, 4) is 0 Å². The van der Waals surface area contributed by atoms with E-state index in [1.165, 1.54) is 17.0 Å². The van der Waals surface area contributed by atoms with Crippen molar-refractivity contribution in [3.05, 3.63) is 117 Å². The lowest BCUT2D eigenvalue weighted by Gasteiger charge is -2.30. The van der Waals surface area contributed by atoms with Crippen LogP contribution in [0.15, 0.2) is 98.2 Å². The zero-order valence-corrected chi connectivity index (χ0v) is 45.1. The Hall–Kier alpha value is -5.42. The average Bonchev–Trinajstić information content (AvgIpc) is 3.29. The molecule has 0 aliphatic carbocycles. The summed E-state index contributed by atoms with van der Waals surface area (Å²) < 4.78 is 169. The maximum Gasteiger partial charge on any atom is 0.295 e. The van der Waals surface area contributed by atoms with Crippen LogP contribution in [0.2, 0.25) is 0 Å². The maximum absolute atomic E-state index is 13.6. The van der Waals surface area contributed by atoms with Gasteiger partial charge in [0.1, 0.15) is 4.90 Å². The summed E-state index contributed by atoms with van der Waals surface area (Å²) in [6.07, 6.45) is 6.30. The number of rotatable bonds is 24. The SMILES string of the molecule is C\C(=C/C=C/C(CCCS(=O)(=O)O)=N\CCCS(=O)(=O)O)N(CCCCCC(=O)N1CCc2cc(C(=O)NCc3ccc(C)c(C)c3)cc(S(=O)(=O)O)c2C1)c1ccc2c(S(=O)(=O)O)cc(S(=O)(=O)O)cc2c1C. The number of aliphatic imine (C=N–C) groups is 1. The minimum atomic E-state index is -5.00. The molecule has 21 nitrogen and oxygen atoms in total. The number of nitrogens with zero attached hydrogens (tertiary/aromatic N) is 3. The summed E-state index contributed by atoms with van der Waals surface area (Å²) in [4.78, 5) is 32.5. The number of unbranched alkanes of at least 4 members (excludes halogenated alkanes) is 2. The lowest BCUT2D eigenvalue weighted by atomic mass is 9.96. The molecule has 6 N–H and O–H groups in total. The van der Waals surface area contributed by atoms with E-state index in [4.69, 9.17) is 4.55 Å². The lowest BCUT2D eigenvalue weighted by molar-refractivity contribution is -0.132. The maximum atomic E-state index is 13.6. The quantitative estimate of drug-likeness (QED) is 0.0196. The van der Waals surface area contributed by atoms with Crippen LogP contribution in [-0.4, -0.2) is 118 Å². The third kappa shape index (κ3) is 17.1. The Morgan fingerprint density at radius 2 is 1.39 bits per heavy atom. The van der Waals surface area contributed by atoms with Crippen LogP contribution < -0.4 is 10.2 Å². The largest absolute Gasteiger partial charge is 0.348 e. The monoisotopic (exact) mass is 1120 g/mol. The first-order chi connectivity index (χ1) is 34.3. The van der Waals surface area contributed by atoms with Crippen LogP contribution in [0.25, 0.3) is 10.8 Å². The number of hydrogen-bond donors (Lipinski definition) is 6. The molecule has 4 aromatic carbocycles. The summed E-state index contributed by atoms with van der Waals surface area (Å²) in [7, 11) is -23.3. The standard InChI is InChI=1S/C48H60N4O17S5/c1-32-15-16-36(25-33(32)2)30-50-48(54)38-26-37-19-22-51(31-43(37)45(27-38)73(64,65)66)47(53)14-6-5-7-21-52(34(3)11-8-12-39(13-9-23-70(55,56)57)49-20-10-24-71(58,59)60)44-18-17-41-42(35(44)4)28-40(72(61,62)63)29-46(41)74(67,68)69/h8,11-12,15-18,25-29H,5-7,9-10,13-14,19-24,30-31H2,1-4H3,(H,50,54)(H,55,56,57)(H,58,59,60)(H,61,62,63)(H,64,65,66)(H,67,68,69)/b12-8+,34-11+,49-39+. The molecule has 1 heterocycles. The number of nitrogens with one attached hydrogen (secondary N) is 1. The Labute approximate surface area is 432 Å². The molecule has 5 rings (SSSR count). The van der Waals surface area contributed by atoms with Gasteiger partial charge in [0.2, 0.25) is 5.91 Å². The summed E-state index contributed by atoms with van der Waals surface area (Å²) in [5, 5.41) is 2.82. The molecular formula is C48H60N4O17S5. The van der Waals surface area contributed by atoms with Gasteiger partial charge in [0.05, 0.1) is 21.3 Å². The van der Waals surface area contributed by atoms with E-state index >= 15 is 0 Å². The highest BCUT2D eigenvalue weighted by Gasteiger charge is 2.29. The Morgan fingerprint density at radius 3 is 2.03 bits per heavy atom. The summed E-state index contributed by atoms with van der Waals surface area (Å²) >= 11 is 0. The number of allylic oxidation sites excluding steroid dienone is 4. The topological polar surface area (TPSA) is 337 Å². The summed E-state index contributed by atoms with van der Waals surface area (Å²) in [5.41, 5.74) is 5.40. The second-order valence-corrected chi connectivity index (χ2v) is 25.3. The second kappa shape index (κ2) is 24.5. The number of carbonyl (C=O) groups excluding carboxylic acids is 2. The molecule has 0 atom stereocenters. The van der Waals surface area contributed by atoms with Crippen molar-refractivity contribution in [2.45, 2.75) is 107 Å². The molecule has 404 valence electrons. The van der Waals surface area contributed by atoms with E-state index in [1.807, 2.05) is 36.9 Å². The van der Waals surface area contributed by atoms with E-state index in [-0.39, 0.29) is 92.6 Å². The fourth-order valence-electron chi connectivity index (χ4n) is 8.44. The van der Waals surface area contributed by atoms with E-state index in [9.17, 15) is 69.9 Å². The Morgan fingerprint density at radius 1 is 0.716 bits per heavy atom. The van der Waals surface area contributed by atoms with Crippen LogP contribution in [0.1, 0.15) is 95.6 Å².